The molecule has 0 amide bonds. The molecule has 0 unspecified atom stereocenters. The van der Waals surface area contributed by atoms with Crippen molar-refractivity contribution >= 4 is 36.6 Å². The number of benzene rings is 4. The van der Waals surface area contributed by atoms with E-state index in [4.69, 9.17) is 0 Å². The van der Waals surface area contributed by atoms with E-state index in [0.29, 0.717) is 18.4 Å². The summed E-state index contributed by atoms with van der Waals surface area (Å²) in [5, 5.41) is 1.99. The molecule has 0 atom stereocenters. The number of anilines is 2. The van der Waals surface area contributed by atoms with Gasteiger partial charge in [-0.3, -0.25) is 4.57 Å². The summed E-state index contributed by atoms with van der Waals surface area (Å²) in [5.41, 5.74) is 1.76. The monoisotopic (exact) mass is 498 g/mol. The van der Waals surface area contributed by atoms with Gasteiger partial charge in [0.2, 0.25) is 0 Å². The van der Waals surface area contributed by atoms with Crippen molar-refractivity contribution in [1.29, 1.82) is 0 Å². The van der Waals surface area contributed by atoms with Crippen LogP contribution in [0, 0.1) is 0 Å². The van der Waals surface area contributed by atoms with E-state index in [1.54, 1.807) is 0 Å². The standard InChI is InChI=1S/C29H28N2O2P2/c1-25(24-34(32,28-18-10-4-11-19-28)29-20-12-5-13-21-29)35(33)30(26-14-6-2-7-15-26)22-23-31(35)27-16-8-3-9-17-27/h2-21H,1,22-24H2. The first-order valence-electron chi connectivity index (χ1n) is 11.7. The predicted molar refractivity (Wildman–Crippen MR) is 149 cm³/mol. The minimum absolute atomic E-state index is 0.130. The third kappa shape index (κ3) is 4.29. The minimum Gasteiger partial charge on any atom is -0.313 e. The van der Waals surface area contributed by atoms with Gasteiger partial charge in [-0.05, 0) is 24.3 Å². The first-order valence-corrected chi connectivity index (χ1v) is 15.2. The Bertz CT molecular complexity index is 1300. The van der Waals surface area contributed by atoms with Gasteiger partial charge in [-0.1, -0.05) is 104 Å². The molecule has 0 saturated carbocycles. The van der Waals surface area contributed by atoms with Crippen LogP contribution in [0.4, 0.5) is 11.4 Å². The van der Waals surface area contributed by atoms with Crippen molar-refractivity contribution < 1.29 is 9.13 Å². The third-order valence-corrected chi connectivity index (χ3v) is 12.9. The molecular weight excluding hydrogens is 470 g/mol. The van der Waals surface area contributed by atoms with E-state index >= 15 is 4.57 Å². The summed E-state index contributed by atoms with van der Waals surface area (Å²) in [6.45, 7) is 5.56. The summed E-state index contributed by atoms with van der Waals surface area (Å²) in [6, 6.07) is 38.6. The normalized spacial score (nSPS) is 15.2. The van der Waals surface area contributed by atoms with Crippen LogP contribution in [-0.4, -0.2) is 19.3 Å². The molecule has 0 bridgehead atoms. The maximum atomic E-state index is 15.1. The highest BCUT2D eigenvalue weighted by molar-refractivity contribution is 7.81. The van der Waals surface area contributed by atoms with Crippen LogP contribution in [0.5, 0.6) is 0 Å². The SMILES string of the molecule is C=C(CP(=O)(c1ccccc1)c1ccccc1)P1(=O)N(c2ccccc2)CCN1c1ccccc1. The molecule has 1 aliphatic rings. The van der Waals surface area contributed by atoms with Crippen molar-refractivity contribution in [2.24, 2.45) is 0 Å². The van der Waals surface area contributed by atoms with E-state index in [2.05, 4.69) is 6.58 Å². The lowest BCUT2D eigenvalue weighted by Gasteiger charge is -2.35. The van der Waals surface area contributed by atoms with E-state index in [1.165, 1.54) is 0 Å². The maximum Gasteiger partial charge on any atom is 0.288 e. The summed E-state index contributed by atoms with van der Waals surface area (Å²) in [6.07, 6.45) is 0.130. The van der Waals surface area contributed by atoms with Gasteiger partial charge in [-0.2, -0.15) is 0 Å². The Hall–Kier alpha value is -3.32. The zero-order chi connectivity index (χ0) is 24.3. The first-order chi connectivity index (χ1) is 17.0. The summed E-state index contributed by atoms with van der Waals surface area (Å²) >= 11 is 0. The fourth-order valence-corrected chi connectivity index (χ4v) is 11.1. The second-order valence-corrected chi connectivity index (χ2v) is 14.1. The van der Waals surface area contributed by atoms with Gasteiger partial charge < -0.3 is 13.9 Å². The van der Waals surface area contributed by atoms with E-state index < -0.39 is 14.6 Å². The van der Waals surface area contributed by atoms with Crippen LogP contribution in [0.1, 0.15) is 0 Å². The molecule has 0 N–H and O–H groups in total. The van der Waals surface area contributed by atoms with Crippen LogP contribution in [0.3, 0.4) is 0 Å². The molecule has 5 rings (SSSR count). The van der Waals surface area contributed by atoms with Crippen molar-refractivity contribution in [3.8, 4) is 0 Å². The molecule has 0 aliphatic carbocycles. The number of para-hydroxylation sites is 2. The lowest BCUT2D eigenvalue weighted by atomic mass is 10.3. The quantitative estimate of drug-likeness (QED) is 0.265. The molecule has 4 nitrogen and oxygen atoms in total. The lowest BCUT2D eigenvalue weighted by molar-refractivity contribution is 0.577. The number of nitrogens with zero attached hydrogens (tertiary/aromatic N) is 2. The van der Waals surface area contributed by atoms with E-state index in [9.17, 15) is 4.57 Å². The van der Waals surface area contributed by atoms with Crippen LogP contribution >= 0.6 is 14.6 Å². The summed E-state index contributed by atoms with van der Waals surface area (Å²) in [5.74, 6) is 0. The van der Waals surface area contributed by atoms with Gasteiger partial charge in [0.25, 0.3) is 7.44 Å². The summed E-state index contributed by atoms with van der Waals surface area (Å²) in [7, 11) is -6.50. The number of hydrogen-bond donors (Lipinski definition) is 0. The fraction of sp³-hybridized carbons (Fsp3) is 0.103. The zero-order valence-corrected chi connectivity index (χ0v) is 21.3. The van der Waals surface area contributed by atoms with Gasteiger partial charge in [-0.25, -0.2) is 0 Å². The van der Waals surface area contributed by atoms with Crippen LogP contribution in [-0.2, 0) is 9.13 Å². The fourth-order valence-electron chi connectivity index (χ4n) is 4.72. The van der Waals surface area contributed by atoms with Crippen molar-refractivity contribution in [2.45, 2.75) is 0 Å². The van der Waals surface area contributed by atoms with Crippen molar-refractivity contribution in [3.63, 3.8) is 0 Å². The second kappa shape index (κ2) is 9.74. The highest BCUT2D eigenvalue weighted by Gasteiger charge is 2.47. The third-order valence-electron chi connectivity index (χ3n) is 6.45. The predicted octanol–water partition coefficient (Wildman–Crippen LogP) is 6.73. The van der Waals surface area contributed by atoms with E-state index in [0.717, 1.165) is 22.0 Å². The van der Waals surface area contributed by atoms with Gasteiger partial charge in [0.1, 0.15) is 7.14 Å². The van der Waals surface area contributed by atoms with Crippen molar-refractivity contribution in [1.82, 2.24) is 0 Å². The average molecular weight is 499 g/mol. The molecule has 1 saturated heterocycles. The van der Waals surface area contributed by atoms with Gasteiger partial charge in [0.15, 0.2) is 0 Å². The van der Waals surface area contributed by atoms with Gasteiger partial charge in [0, 0.05) is 46.5 Å². The van der Waals surface area contributed by atoms with Gasteiger partial charge >= 0.3 is 0 Å². The number of hydrogen-bond acceptors (Lipinski definition) is 2. The molecular formula is C29H28N2O2P2. The molecule has 1 heterocycles. The topological polar surface area (TPSA) is 40.6 Å². The van der Waals surface area contributed by atoms with Crippen molar-refractivity contribution in [2.75, 3.05) is 28.6 Å². The zero-order valence-electron chi connectivity index (χ0n) is 19.5. The Kier molecular flexibility index (Phi) is 6.52. The molecule has 0 spiro atoms. The van der Waals surface area contributed by atoms with Gasteiger partial charge in [0.05, 0.1) is 0 Å². The Balaban J connectivity index is 1.62. The molecule has 176 valence electrons. The Morgan fingerprint density at radius 1 is 0.657 bits per heavy atom. The molecule has 4 aromatic carbocycles. The molecule has 35 heavy (non-hydrogen) atoms. The molecule has 4 aromatic rings. The summed E-state index contributed by atoms with van der Waals surface area (Å²) < 4.78 is 33.9. The smallest absolute Gasteiger partial charge is 0.288 e. The second-order valence-electron chi connectivity index (χ2n) is 8.60. The lowest BCUT2D eigenvalue weighted by Crippen LogP contribution is -2.24. The molecule has 6 heteroatoms. The summed E-state index contributed by atoms with van der Waals surface area (Å²) in [4.78, 5) is 0. The highest BCUT2D eigenvalue weighted by atomic mass is 31.2. The Morgan fingerprint density at radius 3 is 1.37 bits per heavy atom. The van der Waals surface area contributed by atoms with E-state index in [1.807, 2.05) is 131 Å². The van der Waals surface area contributed by atoms with E-state index in [-0.39, 0.29) is 6.16 Å². The molecule has 1 fully saturated rings. The first kappa shape index (κ1) is 23.4. The number of allylic oxidation sites excluding steroid dienone is 1. The minimum atomic E-state index is -3.36. The molecule has 1 aliphatic heterocycles. The van der Waals surface area contributed by atoms with Crippen LogP contribution in [0.15, 0.2) is 133 Å². The highest BCUT2D eigenvalue weighted by Crippen LogP contribution is 2.67. The van der Waals surface area contributed by atoms with Crippen LogP contribution in [0.25, 0.3) is 0 Å². The Morgan fingerprint density at radius 2 is 1.00 bits per heavy atom. The van der Waals surface area contributed by atoms with Crippen molar-refractivity contribution in [3.05, 3.63) is 133 Å². The Labute approximate surface area is 207 Å². The molecule has 0 aromatic heterocycles. The van der Waals surface area contributed by atoms with Gasteiger partial charge in [-0.15, -0.1) is 0 Å². The maximum absolute atomic E-state index is 15.1. The largest absolute Gasteiger partial charge is 0.313 e. The van der Waals surface area contributed by atoms with Crippen LogP contribution in [0.2, 0.25) is 0 Å². The molecule has 0 radical (unpaired) electrons. The average Bonchev–Trinajstić information content (AvgIpc) is 3.29. The van der Waals surface area contributed by atoms with Crippen LogP contribution < -0.4 is 19.9 Å². The number of rotatable bonds is 7.